The molecule has 2 aromatic rings. The molecule has 0 amide bonds. The molecule has 1 aliphatic heterocycles. The SMILES string of the molecule is Cc1cc(CN(C)CCn2ccnc2C)c(C)c(CN2CCC[C@H](C)C2)c1. The fourth-order valence-corrected chi connectivity index (χ4v) is 4.30. The molecule has 1 saturated heterocycles. The lowest BCUT2D eigenvalue weighted by Gasteiger charge is -2.31. The number of hydrogen-bond donors (Lipinski definition) is 0. The molecular weight excluding hydrogens is 332 g/mol. The summed E-state index contributed by atoms with van der Waals surface area (Å²) >= 11 is 0. The van der Waals surface area contributed by atoms with Crippen molar-refractivity contribution in [2.45, 2.75) is 60.2 Å². The molecule has 2 heterocycles. The summed E-state index contributed by atoms with van der Waals surface area (Å²) in [7, 11) is 2.22. The molecule has 0 saturated carbocycles. The summed E-state index contributed by atoms with van der Waals surface area (Å²) in [6.45, 7) is 15.6. The maximum atomic E-state index is 4.32. The fourth-order valence-electron chi connectivity index (χ4n) is 4.30. The van der Waals surface area contributed by atoms with E-state index in [1.807, 2.05) is 6.20 Å². The Hall–Kier alpha value is -1.65. The van der Waals surface area contributed by atoms with E-state index in [0.29, 0.717) is 0 Å². The molecule has 1 aromatic heterocycles. The van der Waals surface area contributed by atoms with Gasteiger partial charge < -0.3 is 9.47 Å². The fraction of sp³-hybridized carbons (Fsp3) is 0.609. The van der Waals surface area contributed by atoms with Crippen LogP contribution in [0.25, 0.3) is 0 Å². The van der Waals surface area contributed by atoms with Crippen molar-refractivity contribution < 1.29 is 0 Å². The summed E-state index contributed by atoms with van der Waals surface area (Å²) in [5.41, 5.74) is 5.84. The van der Waals surface area contributed by atoms with Crippen LogP contribution in [-0.4, -0.2) is 46.0 Å². The van der Waals surface area contributed by atoms with Gasteiger partial charge in [0.15, 0.2) is 0 Å². The molecule has 1 aromatic carbocycles. The Morgan fingerprint density at radius 3 is 2.67 bits per heavy atom. The molecule has 27 heavy (non-hydrogen) atoms. The number of benzene rings is 1. The first kappa shape index (κ1) is 20.1. The highest BCUT2D eigenvalue weighted by molar-refractivity contribution is 5.38. The lowest BCUT2D eigenvalue weighted by Crippen LogP contribution is -2.34. The Morgan fingerprint density at radius 2 is 1.96 bits per heavy atom. The first-order valence-corrected chi connectivity index (χ1v) is 10.4. The number of piperidine rings is 1. The third kappa shape index (κ3) is 5.43. The molecule has 0 unspecified atom stereocenters. The van der Waals surface area contributed by atoms with Gasteiger partial charge >= 0.3 is 0 Å². The van der Waals surface area contributed by atoms with E-state index in [9.17, 15) is 0 Å². The molecule has 1 aliphatic rings. The van der Waals surface area contributed by atoms with Crippen LogP contribution in [0.1, 0.15) is 47.8 Å². The van der Waals surface area contributed by atoms with Gasteiger partial charge in [0.2, 0.25) is 0 Å². The lowest BCUT2D eigenvalue weighted by atomic mass is 9.96. The highest BCUT2D eigenvalue weighted by atomic mass is 15.1. The molecule has 148 valence electrons. The molecule has 4 heteroatoms. The van der Waals surface area contributed by atoms with Crippen LogP contribution >= 0.6 is 0 Å². The Labute approximate surface area is 165 Å². The number of aromatic nitrogens is 2. The predicted octanol–water partition coefficient (Wildman–Crippen LogP) is 4.17. The minimum Gasteiger partial charge on any atom is -0.334 e. The average molecular weight is 369 g/mol. The first-order valence-electron chi connectivity index (χ1n) is 10.4. The highest BCUT2D eigenvalue weighted by Gasteiger charge is 2.18. The van der Waals surface area contributed by atoms with E-state index in [0.717, 1.165) is 37.9 Å². The van der Waals surface area contributed by atoms with Gasteiger partial charge in [-0.1, -0.05) is 24.6 Å². The van der Waals surface area contributed by atoms with E-state index >= 15 is 0 Å². The van der Waals surface area contributed by atoms with Gasteiger partial charge in [-0.3, -0.25) is 4.90 Å². The molecule has 3 rings (SSSR count). The summed E-state index contributed by atoms with van der Waals surface area (Å²) in [4.78, 5) is 9.39. The summed E-state index contributed by atoms with van der Waals surface area (Å²) in [6, 6.07) is 4.77. The second kappa shape index (κ2) is 9.03. The van der Waals surface area contributed by atoms with Crippen molar-refractivity contribution in [2.24, 2.45) is 5.92 Å². The van der Waals surface area contributed by atoms with Crippen LogP contribution in [0.2, 0.25) is 0 Å². The highest BCUT2D eigenvalue weighted by Crippen LogP contribution is 2.23. The van der Waals surface area contributed by atoms with Crippen molar-refractivity contribution >= 4 is 0 Å². The molecule has 0 aliphatic carbocycles. The van der Waals surface area contributed by atoms with Crippen LogP contribution in [0, 0.1) is 26.7 Å². The predicted molar refractivity (Wildman–Crippen MR) is 113 cm³/mol. The Kier molecular flexibility index (Phi) is 6.72. The third-order valence-corrected chi connectivity index (χ3v) is 5.99. The second-order valence-corrected chi connectivity index (χ2v) is 8.60. The van der Waals surface area contributed by atoms with Gasteiger partial charge in [-0.05, 0) is 69.8 Å². The standard InChI is InChI=1S/C23H36N4/c1-18-7-6-9-26(15-18)17-23-14-19(2)13-22(20(23)3)16-25(5)11-12-27-10-8-24-21(27)4/h8,10,13-14,18H,6-7,9,11-12,15-17H2,1-5H3/t18-/m0/s1. The van der Waals surface area contributed by atoms with Crippen molar-refractivity contribution in [3.63, 3.8) is 0 Å². The van der Waals surface area contributed by atoms with Crippen molar-refractivity contribution in [3.8, 4) is 0 Å². The minimum absolute atomic E-state index is 0.834. The molecule has 0 radical (unpaired) electrons. The van der Waals surface area contributed by atoms with Crippen LogP contribution in [0.3, 0.4) is 0 Å². The zero-order valence-corrected chi connectivity index (χ0v) is 17.8. The molecule has 0 N–H and O–H groups in total. The van der Waals surface area contributed by atoms with Crippen molar-refractivity contribution in [1.29, 1.82) is 0 Å². The Bertz CT molecular complexity index is 749. The van der Waals surface area contributed by atoms with E-state index in [1.54, 1.807) is 0 Å². The topological polar surface area (TPSA) is 24.3 Å². The quantitative estimate of drug-likeness (QED) is 0.733. The maximum absolute atomic E-state index is 4.32. The zero-order chi connectivity index (χ0) is 19.4. The molecule has 1 fully saturated rings. The van der Waals surface area contributed by atoms with Gasteiger partial charge in [0, 0.05) is 45.1 Å². The number of hydrogen-bond acceptors (Lipinski definition) is 3. The van der Waals surface area contributed by atoms with Gasteiger partial charge in [0.25, 0.3) is 0 Å². The van der Waals surface area contributed by atoms with E-state index < -0.39 is 0 Å². The minimum atomic E-state index is 0.834. The van der Waals surface area contributed by atoms with Crippen LogP contribution < -0.4 is 0 Å². The zero-order valence-electron chi connectivity index (χ0n) is 17.8. The van der Waals surface area contributed by atoms with E-state index in [1.165, 1.54) is 48.2 Å². The molecule has 0 spiro atoms. The van der Waals surface area contributed by atoms with Gasteiger partial charge in [-0.25, -0.2) is 4.98 Å². The molecule has 1 atom stereocenters. The molecule has 4 nitrogen and oxygen atoms in total. The summed E-state index contributed by atoms with van der Waals surface area (Å²) < 4.78 is 2.22. The van der Waals surface area contributed by atoms with Crippen LogP contribution in [0.15, 0.2) is 24.5 Å². The van der Waals surface area contributed by atoms with E-state index in [2.05, 4.69) is 72.4 Å². The number of likely N-dealkylation sites (N-methyl/N-ethyl adjacent to an activating group) is 1. The van der Waals surface area contributed by atoms with Gasteiger partial charge in [0.05, 0.1) is 0 Å². The van der Waals surface area contributed by atoms with Crippen molar-refractivity contribution in [3.05, 3.63) is 52.6 Å². The summed E-state index contributed by atoms with van der Waals surface area (Å²) in [5, 5.41) is 0. The molecule has 0 bridgehead atoms. The maximum Gasteiger partial charge on any atom is 0.105 e. The van der Waals surface area contributed by atoms with Gasteiger partial charge in [0.1, 0.15) is 5.82 Å². The smallest absolute Gasteiger partial charge is 0.105 e. The van der Waals surface area contributed by atoms with E-state index in [-0.39, 0.29) is 0 Å². The number of aryl methyl sites for hydroxylation is 2. The van der Waals surface area contributed by atoms with Crippen LogP contribution in [0.4, 0.5) is 0 Å². The monoisotopic (exact) mass is 368 g/mol. The van der Waals surface area contributed by atoms with Crippen molar-refractivity contribution in [1.82, 2.24) is 19.4 Å². The number of nitrogens with zero attached hydrogens (tertiary/aromatic N) is 4. The number of rotatable bonds is 7. The van der Waals surface area contributed by atoms with E-state index in [4.69, 9.17) is 0 Å². The normalized spacial score (nSPS) is 18.4. The third-order valence-electron chi connectivity index (χ3n) is 5.99. The van der Waals surface area contributed by atoms with Gasteiger partial charge in [-0.15, -0.1) is 0 Å². The molecular formula is C23H36N4. The number of imidazole rings is 1. The number of likely N-dealkylation sites (tertiary alicyclic amines) is 1. The first-order chi connectivity index (χ1) is 12.9. The summed E-state index contributed by atoms with van der Waals surface area (Å²) in [5.74, 6) is 1.93. The largest absolute Gasteiger partial charge is 0.334 e. The second-order valence-electron chi connectivity index (χ2n) is 8.60. The summed E-state index contributed by atoms with van der Waals surface area (Å²) in [6.07, 6.45) is 6.68. The van der Waals surface area contributed by atoms with Crippen LogP contribution in [-0.2, 0) is 19.6 Å². The Morgan fingerprint density at radius 1 is 1.19 bits per heavy atom. The lowest BCUT2D eigenvalue weighted by molar-refractivity contribution is 0.176. The van der Waals surface area contributed by atoms with Crippen LogP contribution in [0.5, 0.6) is 0 Å². The average Bonchev–Trinajstić information content (AvgIpc) is 3.02. The van der Waals surface area contributed by atoms with Crippen molar-refractivity contribution in [2.75, 3.05) is 26.7 Å². The van der Waals surface area contributed by atoms with Gasteiger partial charge in [-0.2, -0.15) is 0 Å². The Balaban J connectivity index is 1.64.